The molecule has 2 N–H and O–H groups in total. The Labute approximate surface area is 202 Å². The van der Waals surface area contributed by atoms with Gasteiger partial charge in [-0.1, -0.05) is 12.1 Å². The summed E-state index contributed by atoms with van der Waals surface area (Å²) in [5.74, 6) is -1.28. The second-order valence-electron chi connectivity index (χ2n) is 7.50. The number of esters is 1. The number of hydrogen-bond donors (Lipinski definition) is 2. The second-order valence-corrected chi connectivity index (χ2v) is 8.36. The second kappa shape index (κ2) is 9.73. The number of imidazole rings is 1. The Morgan fingerprint density at radius 3 is 2.63 bits per heavy atom. The number of hydrogen-bond acceptors (Lipinski definition) is 8. The monoisotopic (exact) mass is 493 g/mol. The van der Waals surface area contributed by atoms with Crippen LogP contribution in [0.15, 0.2) is 64.9 Å². The molecule has 0 fully saturated rings. The van der Waals surface area contributed by atoms with Gasteiger partial charge >= 0.3 is 11.7 Å². The van der Waals surface area contributed by atoms with Gasteiger partial charge in [-0.25, -0.2) is 14.6 Å². The fraction of sp³-hybridized carbons (Fsp3) is 0.130. The molecule has 0 bridgehead atoms. The standard InChI is InChI=1S/C23H19N5O6S/c1-13-11-24-23(31)27(13)17-8-6-15(7-9-17)21(30)34-14(2)20(29)26-22-25-19(12-35-22)16-4-3-5-18(10-16)28(32)33/h3-12,14H,1-2H3,(H,24,31)(H,25,26,29). The molecule has 0 spiro atoms. The molecule has 1 amide bonds. The van der Waals surface area contributed by atoms with Crippen molar-refractivity contribution in [2.45, 2.75) is 20.0 Å². The highest BCUT2D eigenvalue weighted by Gasteiger charge is 2.21. The molecule has 4 rings (SSSR count). The van der Waals surface area contributed by atoms with E-state index in [9.17, 15) is 24.5 Å². The lowest BCUT2D eigenvalue weighted by Crippen LogP contribution is -2.30. The van der Waals surface area contributed by atoms with Gasteiger partial charge in [-0.2, -0.15) is 0 Å². The summed E-state index contributed by atoms with van der Waals surface area (Å²) in [5.41, 5.74) is 2.16. The molecule has 35 heavy (non-hydrogen) atoms. The highest BCUT2D eigenvalue weighted by molar-refractivity contribution is 7.14. The van der Waals surface area contributed by atoms with E-state index < -0.39 is 22.9 Å². The molecule has 0 aliphatic carbocycles. The van der Waals surface area contributed by atoms with Gasteiger partial charge in [0.05, 0.1) is 21.9 Å². The van der Waals surface area contributed by atoms with Crippen LogP contribution in [0.5, 0.6) is 0 Å². The molecule has 12 heteroatoms. The van der Waals surface area contributed by atoms with Crippen molar-refractivity contribution in [1.82, 2.24) is 14.5 Å². The van der Waals surface area contributed by atoms with Crippen LogP contribution in [0.3, 0.4) is 0 Å². The topological polar surface area (TPSA) is 149 Å². The maximum Gasteiger partial charge on any atom is 0.338 e. The molecule has 0 saturated heterocycles. The summed E-state index contributed by atoms with van der Waals surface area (Å²) >= 11 is 1.14. The number of nitro benzene ring substituents is 1. The predicted octanol–water partition coefficient (Wildman–Crippen LogP) is 3.69. The molecule has 0 aliphatic heterocycles. The van der Waals surface area contributed by atoms with Crippen LogP contribution in [-0.4, -0.2) is 37.4 Å². The Balaban J connectivity index is 1.38. The predicted molar refractivity (Wildman–Crippen MR) is 129 cm³/mol. The third-order valence-electron chi connectivity index (χ3n) is 5.06. The minimum atomic E-state index is -1.11. The number of aromatic nitrogens is 3. The molecule has 2 aromatic heterocycles. The first-order valence-electron chi connectivity index (χ1n) is 10.3. The van der Waals surface area contributed by atoms with E-state index in [1.807, 2.05) is 0 Å². The van der Waals surface area contributed by atoms with E-state index in [1.165, 1.54) is 35.8 Å². The minimum Gasteiger partial charge on any atom is -0.449 e. The number of aromatic amines is 1. The number of nitrogens with one attached hydrogen (secondary N) is 2. The van der Waals surface area contributed by atoms with Crippen LogP contribution in [0.1, 0.15) is 23.0 Å². The largest absolute Gasteiger partial charge is 0.449 e. The zero-order valence-electron chi connectivity index (χ0n) is 18.6. The molecule has 2 aromatic carbocycles. The van der Waals surface area contributed by atoms with Crippen molar-refractivity contribution in [3.63, 3.8) is 0 Å². The molecular weight excluding hydrogens is 474 g/mol. The lowest BCUT2D eigenvalue weighted by Gasteiger charge is -2.12. The van der Waals surface area contributed by atoms with Crippen molar-refractivity contribution in [3.8, 4) is 16.9 Å². The third kappa shape index (κ3) is 5.17. The summed E-state index contributed by atoms with van der Waals surface area (Å²) in [5, 5.41) is 15.5. The number of ether oxygens (including phenoxy) is 1. The smallest absolute Gasteiger partial charge is 0.338 e. The van der Waals surface area contributed by atoms with Crippen LogP contribution in [0.25, 0.3) is 16.9 Å². The SMILES string of the molecule is Cc1c[nH]c(=O)n1-c1ccc(C(=O)OC(C)C(=O)Nc2nc(-c3cccc([N+](=O)[O-])c3)cs2)cc1. The lowest BCUT2D eigenvalue weighted by atomic mass is 10.1. The van der Waals surface area contributed by atoms with Crippen molar-refractivity contribution in [1.29, 1.82) is 0 Å². The quantitative estimate of drug-likeness (QED) is 0.226. The van der Waals surface area contributed by atoms with Gasteiger partial charge in [-0.15, -0.1) is 11.3 Å². The number of aryl methyl sites for hydroxylation is 1. The summed E-state index contributed by atoms with van der Waals surface area (Å²) in [6.07, 6.45) is 0.474. The van der Waals surface area contributed by atoms with Crippen molar-refractivity contribution < 1.29 is 19.2 Å². The van der Waals surface area contributed by atoms with Crippen LogP contribution in [-0.2, 0) is 9.53 Å². The number of carbonyl (C=O) groups is 2. The van der Waals surface area contributed by atoms with Gasteiger partial charge in [0.2, 0.25) is 0 Å². The molecule has 1 unspecified atom stereocenters. The van der Waals surface area contributed by atoms with Gasteiger partial charge in [0.1, 0.15) is 0 Å². The van der Waals surface area contributed by atoms with Gasteiger partial charge in [0.25, 0.3) is 11.6 Å². The van der Waals surface area contributed by atoms with Gasteiger partial charge in [-0.3, -0.25) is 24.8 Å². The first-order valence-corrected chi connectivity index (χ1v) is 11.2. The third-order valence-corrected chi connectivity index (χ3v) is 5.82. The van der Waals surface area contributed by atoms with Gasteiger partial charge in [0.15, 0.2) is 11.2 Å². The summed E-state index contributed by atoms with van der Waals surface area (Å²) in [6, 6.07) is 12.2. The normalized spacial score (nSPS) is 11.6. The number of nitro groups is 1. The molecule has 0 aliphatic rings. The molecular formula is C23H19N5O6S. The Morgan fingerprint density at radius 1 is 1.23 bits per heavy atom. The first kappa shape index (κ1) is 23.6. The molecule has 11 nitrogen and oxygen atoms in total. The van der Waals surface area contributed by atoms with E-state index in [2.05, 4.69) is 15.3 Å². The molecule has 0 radical (unpaired) electrons. The van der Waals surface area contributed by atoms with Crippen LogP contribution < -0.4 is 11.0 Å². The van der Waals surface area contributed by atoms with E-state index in [1.54, 1.807) is 42.8 Å². The van der Waals surface area contributed by atoms with Crippen LogP contribution in [0.2, 0.25) is 0 Å². The van der Waals surface area contributed by atoms with Gasteiger partial charge in [0, 0.05) is 35.0 Å². The number of rotatable bonds is 7. The van der Waals surface area contributed by atoms with Crippen LogP contribution in [0.4, 0.5) is 10.8 Å². The average molecular weight is 494 g/mol. The van der Waals surface area contributed by atoms with Gasteiger partial charge < -0.3 is 9.72 Å². The van der Waals surface area contributed by atoms with E-state index >= 15 is 0 Å². The lowest BCUT2D eigenvalue weighted by molar-refractivity contribution is -0.384. The average Bonchev–Trinajstić information content (AvgIpc) is 3.45. The molecule has 178 valence electrons. The minimum absolute atomic E-state index is 0.0649. The van der Waals surface area contributed by atoms with E-state index in [-0.39, 0.29) is 22.1 Å². The Morgan fingerprint density at radius 2 is 1.97 bits per heavy atom. The summed E-state index contributed by atoms with van der Waals surface area (Å²) < 4.78 is 6.72. The number of thiazole rings is 1. The fourth-order valence-electron chi connectivity index (χ4n) is 3.25. The molecule has 4 aromatic rings. The van der Waals surface area contributed by atoms with E-state index in [0.717, 1.165) is 11.3 Å². The van der Waals surface area contributed by atoms with Gasteiger partial charge in [-0.05, 0) is 38.1 Å². The number of H-pyrrole nitrogens is 1. The molecule has 2 heterocycles. The Kier molecular flexibility index (Phi) is 6.55. The maximum absolute atomic E-state index is 12.5. The van der Waals surface area contributed by atoms with Crippen molar-refractivity contribution in [2.24, 2.45) is 0 Å². The van der Waals surface area contributed by atoms with E-state index in [0.29, 0.717) is 22.6 Å². The number of anilines is 1. The Bertz CT molecular complexity index is 1470. The molecule has 1 atom stereocenters. The highest BCUT2D eigenvalue weighted by atomic mass is 32.1. The first-order chi connectivity index (χ1) is 16.7. The Hall–Kier alpha value is -4.58. The summed E-state index contributed by atoms with van der Waals surface area (Å²) in [6.45, 7) is 3.20. The summed E-state index contributed by atoms with van der Waals surface area (Å²) in [4.78, 5) is 54.2. The van der Waals surface area contributed by atoms with Crippen LogP contribution in [0, 0.1) is 17.0 Å². The zero-order chi connectivity index (χ0) is 25.1. The van der Waals surface area contributed by atoms with Crippen molar-refractivity contribution >= 4 is 34.0 Å². The molecule has 0 saturated carbocycles. The number of nitrogens with zero attached hydrogens (tertiary/aromatic N) is 3. The summed E-state index contributed by atoms with van der Waals surface area (Å²) in [7, 11) is 0. The highest BCUT2D eigenvalue weighted by Crippen LogP contribution is 2.27. The number of non-ortho nitro benzene ring substituents is 1. The number of carbonyl (C=O) groups excluding carboxylic acids is 2. The number of amides is 1. The zero-order valence-corrected chi connectivity index (χ0v) is 19.4. The van der Waals surface area contributed by atoms with Crippen molar-refractivity contribution in [2.75, 3.05) is 5.32 Å². The fourth-order valence-corrected chi connectivity index (χ4v) is 3.98. The van der Waals surface area contributed by atoms with Crippen LogP contribution >= 0.6 is 11.3 Å². The van der Waals surface area contributed by atoms with Crippen molar-refractivity contribution in [3.05, 3.63) is 92.0 Å². The number of benzene rings is 2. The maximum atomic E-state index is 12.5. The van der Waals surface area contributed by atoms with E-state index in [4.69, 9.17) is 4.74 Å².